The first-order valence-electron chi connectivity index (χ1n) is 10.2. The first kappa shape index (κ1) is 19.4. The van der Waals surface area contributed by atoms with Crippen molar-refractivity contribution in [2.75, 3.05) is 13.2 Å². The standard InChI is InChI=1S/C23H26N2O4/c1-4-7-17-10-14(11-18(28-5-2)21(17)29-6-3)13-24-25-22(26)19-15-8-9-16(12-15)20(19)23(25)27/h4,8-11,13,15-16,19-20H,1,5-7,12H2,2-3H3. The summed E-state index contributed by atoms with van der Waals surface area (Å²) in [4.78, 5) is 25.6. The van der Waals surface area contributed by atoms with Gasteiger partial charge in [-0.3, -0.25) is 9.59 Å². The number of nitrogens with zero attached hydrogens (tertiary/aromatic N) is 2. The van der Waals surface area contributed by atoms with Gasteiger partial charge in [0.15, 0.2) is 11.5 Å². The van der Waals surface area contributed by atoms with Crippen molar-refractivity contribution in [3.05, 3.63) is 48.1 Å². The minimum Gasteiger partial charge on any atom is -0.490 e. The number of allylic oxidation sites excluding steroid dienone is 3. The second-order valence-electron chi connectivity index (χ2n) is 7.60. The second-order valence-corrected chi connectivity index (χ2v) is 7.60. The van der Waals surface area contributed by atoms with Crippen molar-refractivity contribution in [1.82, 2.24) is 5.01 Å². The van der Waals surface area contributed by atoms with Gasteiger partial charge in [-0.25, -0.2) is 0 Å². The van der Waals surface area contributed by atoms with Crippen LogP contribution in [0.25, 0.3) is 0 Å². The topological polar surface area (TPSA) is 68.2 Å². The summed E-state index contributed by atoms with van der Waals surface area (Å²) < 4.78 is 11.5. The van der Waals surface area contributed by atoms with E-state index in [1.165, 1.54) is 0 Å². The van der Waals surface area contributed by atoms with Gasteiger partial charge in [0.05, 0.1) is 31.3 Å². The molecule has 0 spiro atoms. The maximum Gasteiger partial charge on any atom is 0.254 e. The number of carbonyl (C=O) groups is 2. The maximum atomic E-state index is 12.8. The average Bonchev–Trinajstić information content (AvgIpc) is 3.38. The lowest BCUT2D eigenvalue weighted by atomic mass is 9.85. The molecule has 1 aliphatic heterocycles. The van der Waals surface area contributed by atoms with Gasteiger partial charge in [-0.1, -0.05) is 18.2 Å². The van der Waals surface area contributed by atoms with Crippen molar-refractivity contribution < 1.29 is 19.1 Å². The molecule has 4 unspecified atom stereocenters. The summed E-state index contributed by atoms with van der Waals surface area (Å²) >= 11 is 0. The summed E-state index contributed by atoms with van der Waals surface area (Å²) in [6.45, 7) is 8.66. The van der Waals surface area contributed by atoms with Gasteiger partial charge in [0.2, 0.25) is 0 Å². The number of benzene rings is 1. The van der Waals surface area contributed by atoms with E-state index in [9.17, 15) is 9.59 Å². The van der Waals surface area contributed by atoms with Crippen molar-refractivity contribution >= 4 is 18.0 Å². The molecule has 1 aromatic rings. The first-order valence-corrected chi connectivity index (χ1v) is 10.2. The second kappa shape index (κ2) is 7.85. The van der Waals surface area contributed by atoms with Crippen LogP contribution in [0.5, 0.6) is 11.5 Å². The fourth-order valence-corrected chi connectivity index (χ4v) is 4.76. The molecule has 2 fully saturated rings. The fraction of sp³-hybridized carbons (Fsp3) is 0.435. The third-order valence-corrected chi connectivity index (χ3v) is 5.88. The molecule has 1 aromatic carbocycles. The summed E-state index contributed by atoms with van der Waals surface area (Å²) in [5.41, 5.74) is 1.67. The van der Waals surface area contributed by atoms with Crippen LogP contribution in [0.4, 0.5) is 0 Å². The van der Waals surface area contributed by atoms with E-state index in [4.69, 9.17) is 9.47 Å². The number of carbonyl (C=O) groups excluding carboxylic acids is 2. The number of amides is 2. The van der Waals surface area contributed by atoms with Crippen LogP contribution >= 0.6 is 0 Å². The lowest BCUT2D eigenvalue weighted by Crippen LogP contribution is -2.28. The molecule has 0 N–H and O–H groups in total. The van der Waals surface area contributed by atoms with Crippen LogP contribution in [0.3, 0.4) is 0 Å². The van der Waals surface area contributed by atoms with E-state index in [-0.39, 0.29) is 35.5 Å². The van der Waals surface area contributed by atoms with Crippen molar-refractivity contribution in [1.29, 1.82) is 0 Å². The highest BCUT2D eigenvalue weighted by Crippen LogP contribution is 2.52. The summed E-state index contributed by atoms with van der Waals surface area (Å²) in [5.74, 6) is 0.804. The lowest BCUT2D eigenvalue weighted by molar-refractivity contribution is -0.140. The molecule has 0 aromatic heterocycles. The van der Waals surface area contributed by atoms with Gasteiger partial charge >= 0.3 is 0 Å². The third-order valence-electron chi connectivity index (χ3n) is 5.88. The molecule has 2 bridgehead atoms. The summed E-state index contributed by atoms with van der Waals surface area (Å²) in [6.07, 6.45) is 9.02. The van der Waals surface area contributed by atoms with E-state index in [1.54, 1.807) is 12.3 Å². The zero-order valence-corrected chi connectivity index (χ0v) is 16.8. The van der Waals surface area contributed by atoms with Crippen molar-refractivity contribution in [2.45, 2.75) is 26.7 Å². The SMILES string of the molecule is C=CCc1cc(C=NN2C(=O)C3C4C=CC(C4)C3C2=O)cc(OCC)c1OCC. The Morgan fingerprint density at radius 1 is 1.10 bits per heavy atom. The Labute approximate surface area is 170 Å². The van der Waals surface area contributed by atoms with E-state index in [1.807, 2.05) is 26.0 Å². The Hall–Kier alpha value is -2.89. The van der Waals surface area contributed by atoms with Gasteiger partial charge < -0.3 is 9.47 Å². The molecule has 4 atom stereocenters. The molecule has 2 aliphatic carbocycles. The molecule has 0 radical (unpaired) electrons. The molecule has 1 saturated carbocycles. The number of imide groups is 1. The van der Waals surface area contributed by atoms with E-state index in [2.05, 4.69) is 23.8 Å². The molecule has 152 valence electrons. The Morgan fingerprint density at radius 2 is 1.76 bits per heavy atom. The minimum absolute atomic E-state index is 0.177. The Bertz CT molecular complexity index is 874. The monoisotopic (exact) mass is 394 g/mol. The van der Waals surface area contributed by atoms with Crippen molar-refractivity contribution in [3.8, 4) is 11.5 Å². The highest BCUT2D eigenvalue weighted by molar-refractivity contribution is 6.06. The quantitative estimate of drug-likeness (QED) is 0.385. The minimum atomic E-state index is -0.245. The van der Waals surface area contributed by atoms with Gasteiger partial charge in [0.1, 0.15) is 0 Å². The van der Waals surface area contributed by atoms with Gasteiger partial charge in [-0.05, 0) is 56.2 Å². The summed E-state index contributed by atoms with van der Waals surface area (Å²) in [5, 5.41) is 5.33. The van der Waals surface area contributed by atoms with Crippen LogP contribution in [0.15, 0.2) is 42.0 Å². The molecule has 1 heterocycles. The molecule has 6 heteroatoms. The van der Waals surface area contributed by atoms with Crippen LogP contribution in [0, 0.1) is 23.7 Å². The van der Waals surface area contributed by atoms with Gasteiger partial charge in [-0.15, -0.1) is 6.58 Å². The maximum absolute atomic E-state index is 12.8. The predicted molar refractivity (Wildman–Crippen MR) is 110 cm³/mol. The van der Waals surface area contributed by atoms with Crippen LogP contribution < -0.4 is 9.47 Å². The Balaban J connectivity index is 1.62. The molecule has 1 saturated heterocycles. The number of fused-ring (bicyclic) bond motifs is 5. The number of hydrogen-bond acceptors (Lipinski definition) is 5. The molecule has 4 rings (SSSR count). The molecule has 3 aliphatic rings. The fourth-order valence-electron chi connectivity index (χ4n) is 4.76. The highest BCUT2D eigenvalue weighted by atomic mass is 16.5. The Kier molecular flexibility index (Phi) is 5.26. The number of hydrazone groups is 1. The summed E-state index contributed by atoms with van der Waals surface area (Å²) in [6, 6.07) is 3.75. The van der Waals surface area contributed by atoms with Gasteiger partial charge in [0, 0.05) is 5.56 Å². The van der Waals surface area contributed by atoms with Crippen LogP contribution in [0.1, 0.15) is 31.4 Å². The molecule has 29 heavy (non-hydrogen) atoms. The largest absolute Gasteiger partial charge is 0.490 e. The van der Waals surface area contributed by atoms with Crippen molar-refractivity contribution in [3.63, 3.8) is 0 Å². The third kappa shape index (κ3) is 3.26. The number of ether oxygens (including phenoxy) is 2. The number of rotatable bonds is 8. The van der Waals surface area contributed by atoms with Crippen LogP contribution in [-0.2, 0) is 16.0 Å². The molecular weight excluding hydrogens is 368 g/mol. The highest BCUT2D eigenvalue weighted by Gasteiger charge is 2.59. The number of hydrogen-bond donors (Lipinski definition) is 0. The smallest absolute Gasteiger partial charge is 0.254 e. The van der Waals surface area contributed by atoms with E-state index >= 15 is 0 Å². The van der Waals surface area contributed by atoms with Gasteiger partial charge in [-0.2, -0.15) is 10.1 Å². The van der Waals surface area contributed by atoms with E-state index < -0.39 is 0 Å². The normalized spacial score (nSPS) is 27.2. The molecular formula is C23H26N2O4. The lowest BCUT2D eigenvalue weighted by Gasteiger charge is -2.16. The van der Waals surface area contributed by atoms with Crippen LogP contribution in [0.2, 0.25) is 0 Å². The molecule has 2 amide bonds. The Morgan fingerprint density at radius 3 is 2.34 bits per heavy atom. The average molecular weight is 394 g/mol. The first-order chi connectivity index (χ1) is 14.1. The van der Waals surface area contributed by atoms with E-state index in [0.717, 1.165) is 22.6 Å². The zero-order valence-electron chi connectivity index (χ0n) is 16.8. The van der Waals surface area contributed by atoms with E-state index in [0.29, 0.717) is 31.1 Å². The van der Waals surface area contributed by atoms with Gasteiger partial charge in [0.25, 0.3) is 11.8 Å². The summed E-state index contributed by atoms with van der Waals surface area (Å²) in [7, 11) is 0. The zero-order chi connectivity index (χ0) is 20.5. The molecule has 6 nitrogen and oxygen atoms in total. The predicted octanol–water partition coefficient (Wildman–Crippen LogP) is 3.35. The van der Waals surface area contributed by atoms with Crippen LogP contribution in [-0.4, -0.2) is 36.3 Å². The van der Waals surface area contributed by atoms with Crippen molar-refractivity contribution in [2.24, 2.45) is 28.8 Å².